The minimum Gasteiger partial charge on any atom is -0.390 e. The molecule has 0 bridgehead atoms. The third-order valence-electron chi connectivity index (χ3n) is 5.42. The van der Waals surface area contributed by atoms with Crippen LogP contribution in [0.15, 0.2) is 31.8 Å². The van der Waals surface area contributed by atoms with Crippen molar-refractivity contribution in [1.82, 2.24) is 5.32 Å². The van der Waals surface area contributed by atoms with E-state index in [2.05, 4.69) is 43.2 Å². The Morgan fingerprint density at radius 1 is 1.11 bits per heavy atom. The van der Waals surface area contributed by atoms with Crippen molar-refractivity contribution in [2.75, 3.05) is 6.54 Å². The molecule has 0 amide bonds. The second kappa shape index (κ2) is 9.62. The zero-order chi connectivity index (χ0) is 20.3. The lowest BCUT2D eigenvalue weighted by atomic mass is 9.77. The van der Waals surface area contributed by atoms with Gasteiger partial charge in [0.05, 0.1) is 13.7 Å². The molecule has 0 aliphatic heterocycles. The molecule has 2 aromatic rings. The zero-order valence-corrected chi connectivity index (χ0v) is 19.3. The van der Waals surface area contributed by atoms with Gasteiger partial charge in [0, 0.05) is 24.2 Å². The molecule has 1 fully saturated rings. The highest BCUT2D eigenvalue weighted by Crippen LogP contribution is 2.44. The van der Waals surface area contributed by atoms with Crippen molar-refractivity contribution >= 4 is 43.2 Å². The fourth-order valence-corrected chi connectivity index (χ4v) is 7.05. The number of aliphatic hydroxyl groups excluding tert-OH is 1. The average molecular weight is 538 g/mol. The van der Waals surface area contributed by atoms with Crippen molar-refractivity contribution in [3.05, 3.63) is 54.6 Å². The van der Waals surface area contributed by atoms with Gasteiger partial charge in [0.25, 0.3) is 0 Å². The number of hydrogen-bond acceptors (Lipinski definition) is 4. The Kier molecular flexibility index (Phi) is 7.66. The van der Waals surface area contributed by atoms with Crippen molar-refractivity contribution in [1.29, 1.82) is 0 Å². The first kappa shape index (κ1) is 22.3. The van der Waals surface area contributed by atoms with Crippen LogP contribution in [0, 0.1) is 11.6 Å². The molecule has 4 N–H and O–H groups in total. The topological polar surface area (TPSA) is 58.3 Å². The summed E-state index contributed by atoms with van der Waals surface area (Å²) in [4.78, 5) is 0. The van der Waals surface area contributed by atoms with Crippen molar-refractivity contribution in [2.24, 2.45) is 5.73 Å². The van der Waals surface area contributed by atoms with E-state index in [0.29, 0.717) is 12.1 Å². The smallest absolute Gasteiger partial charge is 0.126 e. The van der Waals surface area contributed by atoms with Crippen LogP contribution in [0.3, 0.4) is 0 Å². The highest BCUT2D eigenvalue weighted by Gasteiger charge is 2.36. The Bertz CT molecular complexity index is 791. The van der Waals surface area contributed by atoms with Gasteiger partial charge >= 0.3 is 0 Å². The first-order valence-electron chi connectivity index (χ1n) is 9.38. The molecule has 1 aliphatic rings. The molecule has 1 saturated carbocycles. The van der Waals surface area contributed by atoms with E-state index in [1.807, 2.05) is 0 Å². The van der Waals surface area contributed by atoms with Gasteiger partial charge in [0.1, 0.15) is 11.6 Å². The maximum Gasteiger partial charge on any atom is 0.126 e. The van der Waals surface area contributed by atoms with Gasteiger partial charge in [0.15, 0.2) is 0 Å². The van der Waals surface area contributed by atoms with Crippen LogP contribution in [-0.4, -0.2) is 23.8 Å². The van der Waals surface area contributed by atoms with Crippen molar-refractivity contribution in [3.63, 3.8) is 0 Å². The van der Waals surface area contributed by atoms with Crippen LogP contribution in [0.5, 0.6) is 0 Å². The molecule has 2 atom stereocenters. The van der Waals surface area contributed by atoms with E-state index in [4.69, 9.17) is 5.73 Å². The number of hydrogen-bond donors (Lipinski definition) is 3. The molecule has 0 radical (unpaired) electrons. The summed E-state index contributed by atoms with van der Waals surface area (Å²) in [5, 5.41) is 14.2. The lowest BCUT2D eigenvalue weighted by molar-refractivity contribution is 0.116. The number of benzene rings is 1. The van der Waals surface area contributed by atoms with Crippen molar-refractivity contribution < 1.29 is 13.9 Å². The lowest BCUT2D eigenvalue weighted by Gasteiger charge is -2.39. The molecule has 154 valence electrons. The summed E-state index contributed by atoms with van der Waals surface area (Å²) in [5.41, 5.74) is 7.58. The molecule has 1 aliphatic carbocycles. The van der Waals surface area contributed by atoms with Gasteiger partial charge in [-0.2, -0.15) is 0 Å². The van der Waals surface area contributed by atoms with E-state index in [0.717, 1.165) is 39.3 Å². The molecule has 3 rings (SSSR count). The molecule has 0 saturated heterocycles. The largest absolute Gasteiger partial charge is 0.390 e. The monoisotopic (exact) mass is 536 g/mol. The van der Waals surface area contributed by atoms with E-state index in [1.54, 1.807) is 11.3 Å². The molecule has 3 nitrogen and oxygen atoms in total. The van der Waals surface area contributed by atoms with Crippen LogP contribution in [0.25, 0.3) is 0 Å². The number of rotatable bonds is 7. The lowest BCUT2D eigenvalue weighted by Crippen LogP contribution is -2.51. The Morgan fingerprint density at radius 2 is 1.75 bits per heavy atom. The zero-order valence-electron chi connectivity index (χ0n) is 15.4. The first-order valence-corrected chi connectivity index (χ1v) is 11.8. The summed E-state index contributed by atoms with van der Waals surface area (Å²) in [6.45, 7) is 0.318. The highest BCUT2D eigenvalue weighted by atomic mass is 79.9. The molecule has 8 heteroatoms. The molecule has 2 unspecified atom stereocenters. The molecule has 0 spiro atoms. The van der Waals surface area contributed by atoms with Crippen molar-refractivity contribution in [2.45, 2.75) is 56.2 Å². The molecule has 1 aromatic carbocycles. The number of halogens is 4. The average Bonchev–Trinajstić information content (AvgIpc) is 2.98. The second-order valence-electron chi connectivity index (χ2n) is 7.47. The van der Waals surface area contributed by atoms with Crippen LogP contribution >= 0.6 is 43.2 Å². The fraction of sp³-hybridized carbons (Fsp3) is 0.500. The number of aliphatic hydroxyl groups is 1. The van der Waals surface area contributed by atoms with Crippen LogP contribution in [0.1, 0.15) is 43.2 Å². The highest BCUT2D eigenvalue weighted by molar-refractivity contribution is 9.12. The van der Waals surface area contributed by atoms with Crippen LogP contribution < -0.4 is 11.1 Å². The molecule has 1 aromatic heterocycles. The number of thiophene rings is 1. The minimum absolute atomic E-state index is 0.203. The summed E-state index contributed by atoms with van der Waals surface area (Å²) in [7, 11) is 0. The van der Waals surface area contributed by atoms with E-state index in [1.165, 1.54) is 24.1 Å². The van der Waals surface area contributed by atoms with Crippen LogP contribution in [0.2, 0.25) is 0 Å². The Hall–Kier alpha value is -0.380. The Morgan fingerprint density at radius 3 is 2.32 bits per heavy atom. The van der Waals surface area contributed by atoms with E-state index in [-0.39, 0.29) is 12.0 Å². The third-order valence-corrected chi connectivity index (χ3v) is 7.76. The summed E-state index contributed by atoms with van der Waals surface area (Å²) in [6, 6.07) is 4.86. The van der Waals surface area contributed by atoms with E-state index >= 15 is 0 Å². The van der Waals surface area contributed by atoms with Gasteiger partial charge in [-0.3, -0.25) is 0 Å². The van der Waals surface area contributed by atoms with Gasteiger partial charge in [-0.25, -0.2) is 8.78 Å². The first-order chi connectivity index (χ1) is 13.3. The summed E-state index contributed by atoms with van der Waals surface area (Å²) in [5.74, 6) is -1.27. The second-order valence-corrected chi connectivity index (χ2v) is 11.2. The van der Waals surface area contributed by atoms with E-state index < -0.39 is 23.8 Å². The van der Waals surface area contributed by atoms with Gasteiger partial charge in [-0.1, -0.05) is 19.3 Å². The predicted molar refractivity (Wildman–Crippen MR) is 117 cm³/mol. The fourth-order valence-electron chi connectivity index (χ4n) is 3.95. The van der Waals surface area contributed by atoms with Gasteiger partial charge in [-0.05, 0) is 80.4 Å². The van der Waals surface area contributed by atoms with Crippen LogP contribution in [-0.2, 0) is 12.0 Å². The molecular formula is C20H24Br2F2N2OS. The maximum atomic E-state index is 13.4. The number of nitrogens with one attached hydrogen (secondary N) is 1. The quantitative estimate of drug-likeness (QED) is 0.453. The molecular weight excluding hydrogens is 514 g/mol. The third kappa shape index (κ3) is 5.40. The van der Waals surface area contributed by atoms with Gasteiger partial charge < -0.3 is 16.2 Å². The molecule has 28 heavy (non-hydrogen) atoms. The summed E-state index contributed by atoms with van der Waals surface area (Å²) < 4.78 is 28.9. The summed E-state index contributed by atoms with van der Waals surface area (Å²) in [6.07, 6.45) is 4.82. The number of nitrogens with two attached hydrogens (primary N) is 1. The van der Waals surface area contributed by atoms with Crippen molar-refractivity contribution in [3.8, 4) is 0 Å². The SMILES string of the molecule is NC(Cc1cc(F)cc(F)c1)C(O)CNC1(c2cc(Br)sc2Br)CCCCC1. The molecule has 1 heterocycles. The van der Waals surface area contributed by atoms with Gasteiger partial charge in [-0.15, -0.1) is 11.3 Å². The Labute approximate surface area is 185 Å². The predicted octanol–water partition coefficient (Wildman–Crippen LogP) is 5.23. The maximum absolute atomic E-state index is 13.4. The Balaban J connectivity index is 1.68. The standard InChI is InChI=1S/C20H24Br2F2N2OS/c21-18-10-15(19(22)28-18)20(4-2-1-3-5-20)26-11-17(27)16(25)8-12-6-13(23)9-14(24)7-12/h6-7,9-10,16-17,26-27H,1-5,8,11,25H2. The van der Waals surface area contributed by atoms with Gasteiger partial charge in [0.2, 0.25) is 0 Å². The summed E-state index contributed by atoms with van der Waals surface area (Å²) >= 11 is 8.87. The van der Waals surface area contributed by atoms with Crippen LogP contribution in [0.4, 0.5) is 8.78 Å². The van der Waals surface area contributed by atoms with E-state index in [9.17, 15) is 13.9 Å². The normalized spacial score (nSPS) is 18.8. The minimum atomic E-state index is -0.828.